The summed E-state index contributed by atoms with van der Waals surface area (Å²) < 4.78 is 29.8. The minimum atomic E-state index is -3.38. The highest BCUT2D eigenvalue weighted by Crippen LogP contribution is 2.17. The number of rotatable bonds is 8. The van der Waals surface area contributed by atoms with E-state index < -0.39 is 34.1 Å². The van der Waals surface area contributed by atoms with Crippen LogP contribution in [-0.2, 0) is 14.8 Å². The Hall–Kier alpha value is -2.69. The number of carbonyl (C=O) groups excluding carboxylic acids is 2. The van der Waals surface area contributed by atoms with E-state index in [2.05, 4.69) is 17.2 Å². The first kappa shape index (κ1) is 24.6. The van der Waals surface area contributed by atoms with E-state index in [0.717, 1.165) is 6.26 Å². The number of nitrogens with two attached hydrogens (primary N) is 1. The van der Waals surface area contributed by atoms with Crippen LogP contribution in [0.5, 0.6) is 5.75 Å². The molecule has 1 aliphatic rings. The van der Waals surface area contributed by atoms with Gasteiger partial charge in [0, 0.05) is 31.7 Å². The third-order valence-corrected chi connectivity index (χ3v) is 6.06. The maximum Gasteiger partial charge on any atom is 0.266 e. The van der Waals surface area contributed by atoms with E-state index in [0.29, 0.717) is 5.75 Å². The molecule has 12 heteroatoms. The third kappa shape index (κ3) is 6.65. The summed E-state index contributed by atoms with van der Waals surface area (Å²) in [6, 6.07) is 6.11. The van der Waals surface area contributed by atoms with Gasteiger partial charge in [0.1, 0.15) is 19.0 Å². The van der Waals surface area contributed by atoms with Crippen LogP contribution in [0.4, 0.5) is 0 Å². The van der Waals surface area contributed by atoms with Gasteiger partial charge < -0.3 is 26.0 Å². The van der Waals surface area contributed by atoms with Gasteiger partial charge >= 0.3 is 0 Å². The normalized spacial score (nSPS) is 17.1. The first-order valence-corrected chi connectivity index (χ1v) is 11.2. The van der Waals surface area contributed by atoms with Crippen LogP contribution in [0.15, 0.2) is 24.3 Å². The van der Waals surface area contributed by atoms with Gasteiger partial charge in [0.15, 0.2) is 0 Å². The fourth-order valence-electron chi connectivity index (χ4n) is 2.98. The van der Waals surface area contributed by atoms with Gasteiger partial charge in [-0.05, 0) is 24.3 Å². The van der Waals surface area contributed by atoms with Crippen molar-refractivity contribution in [1.82, 2.24) is 14.5 Å². The summed E-state index contributed by atoms with van der Waals surface area (Å²) >= 11 is 0. The number of nitrogens with zero attached hydrogens (tertiary/aromatic N) is 2. The van der Waals surface area contributed by atoms with E-state index in [9.17, 15) is 23.1 Å². The predicted molar refractivity (Wildman–Crippen MR) is 111 cm³/mol. The molecule has 1 atom stereocenters. The van der Waals surface area contributed by atoms with Gasteiger partial charge in [0.25, 0.3) is 11.8 Å². The van der Waals surface area contributed by atoms with Crippen LogP contribution in [0.1, 0.15) is 10.4 Å². The zero-order valence-electron chi connectivity index (χ0n) is 17.1. The Morgan fingerprint density at radius 3 is 2.32 bits per heavy atom. The van der Waals surface area contributed by atoms with Crippen molar-refractivity contribution in [2.45, 2.75) is 5.72 Å². The van der Waals surface area contributed by atoms with Crippen molar-refractivity contribution < 1.29 is 33.0 Å². The number of sulfonamides is 1. The lowest BCUT2D eigenvalue weighted by Gasteiger charge is -2.41. The molecule has 1 fully saturated rings. The maximum absolute atomic E-state index is 12.4. The molecule has 1 aromatic rings. The second-order valence-corrected chi connectivity index (χ2v) is 8.82. The SMILES string of the molecule is CS(=O)(=O)N1CCN([C@](O)(CNC(=O)c2ccc(OCC#CCO)cc2)C(N)=O)CC1. The van der Waals surface area contributed by atoms with E-state index in [1.807, 2.05) is 0 Å². The van der Waals surface area contributed by atoms with Crippen LogP contribution in [0.25, 0.3) is 0 Å². The number of hydrogen-bond donors (Lipinski definition) is 4. The topological polar surface area (TPSA) is 163 Å². The third-order valence-electron chi connectivity index (χ3n) is 4.75. The quantitative estimate of drug-likeness (QED) is 0.314. The molecule has 5 N–H and O–H groups in total. The average molecular weight is 455 g/mol. The molecule has 1 heterocycles. The number of ether oxygens (including phenoxy) is 1. The van der Waals surface area contributed by atoms with Crippen LogP contribution in [0.2, 0.25) is 0 Å². The summed E-state index contributed by atoms with van der Waals surface area (Å²) in [5, 5.41) is 21.9. The lowest BCUT2D eigenvalue weighted by Crippen LogP contribution is -2.67. The van der Waals surface area contributed by atoms with Crippen LogP contribution >= 0.6 is 0 Å². The predicted octanol–water partition coefficient (Wildman–Crippen LogP) is -2.46. The van der Waals surface area contributed by atoms with Gasteiger partial charge in [-0.1, -0.05) is 11.8 Å². The molecule has 2 amide bonds. The number of benzene rings is 1. The van der Waals surface area contributed by atoms with E-state index in [-0.39, 0.29) is 45.0 Å². The Morgan fingerprint density at radius 1 is 1.19 bits per heavy atom. The number of nitrogens with one attached hydrogen (secondary N) is 1. The molecule has 2 rings (SSSR count). The number of hydrogen-bond acceptors (Lipinski definition) is 8. The zero-order chi connectivity index (χ0) is 23.1. The van der Waals surface area contributed by atoms with Crippen LogP contribution < -0.4 is 15.8 Å². The number of aliphatic hydroxyl groups is 2. The Labute approximate surface area is 180 Å². The maximum atomic E-state index is 12.4. The summed E-state index contributed by atoms with van der Waals surface area (Å²) in [7, 11) is -3.38. The van der Waals surface area contributed by atoms with Gasteiger partial charge in [-0.15, -0.1) is 0 Å². The second-order valence-electron chi connectivity index (χ2n) is 6.84. The van der Waals surface area contributed by atoms with Gasteiger partial charge in [-0.2, -0.15) is 4.31 Å². The lowest BCUT2D eigenvalue weighted by atomic mass is 10.1. The van der Waals surface area contributed by atoms with Crippen LogP contribution in [-0.4, -0.2) is 97.6 Å². The highest BCUT2D eigenvalue weighted by Gasteiger charge is 2.43. The molecule has 0 aliphatic carbocycles. The van der Waals surface area contributed by atoms with Crippen molar-refractivity contribution in [3.8, 4) is 17.6 Å². The second kappa shape index (κ2) is 10.6. The molecular weight excluding hydrogens is 428 g/mol. The number of piperazine rings is 1. The molecular formula is C19H26N4O7S. The van der Waals surface area contributed by atoms with Crippen molar-refractivity contribution in [2.75, 3.05) is 52.2 Å². The Bertz CT molecular complexity index is 948. The number of carbonyl (C=O) groups is 2. The number of amides is 2. The molecule has 11 nitrogen and oxygen atoms in total. The molecule has 0 aromatic heterocycles. The minimum Gasteiger partial charge on any atom is -0.481 e. The molecule has 31 heavy (non-hydrogen) atoms. The van der Waals surface area contributed by atoms with Gasteiger partial charge in [-0.3, -0.25) is 14.5 Å². The molecule has 0 saturated carbocycles. The van der Waals surface area contributed by atoms with E-state index >= 15 is 0 Å². The molecule has 0 bridgehead atoms. The Morgan fingerprint density at radius 2 is 1.81 bits per heavy atom. The zero-order valence-corrected chi connectivity index (χ0v) is 17.9. The lowest BCUT2D eigenvalue weighted by molar-refractivity contribution is -0.161. The minimum absolute atomic E-state index is 0.0770. The van der Waals surface area contributed by atoms with Crippen molar-refractivity contribution in [3.63, 3.8) is 0 Å². The monoisotopic (exact) mass is 454 g/mol. The summed E-state index contributed by atoms with van der Waals surface area (Å²) in [5.41, 5.74) is 3.49. The van der Waals surface area contributed by atoms with Gasteiger partial charge in [0.05, 0.1) is 12.8 Å². The fraction of sp³-hybridized carbons (Fsp3) is 0.474. The molecule has 1 aromatic carbocycles. The van der Waals surface area contributed by atoms with Crippen LogP contribution in [0, 0.1) is 11.8 Å². The largest absolute Gasteiger partial charge is 0.481 e. The first-order chi connectivity index (χ1) is 14.6. The first-order valence-electron chi connectivity index (χ1n) is 9.38. The highest BCUT2D eigenvalue weighted by molar-refractivity contribution is 7.88. The van der Waals surface area contributed by atoms with Crippen molar-refractivity contribution in [1.29, 1.82) is 0 Å². The Kier molecular flexibility index (Phi) is 8.37. The molecule has 1 saturated heterocycles. The average Bonchev–Trinajstić information content (AvgIpc) is 2.74. The summed E-state index contributed by atoms with van der Waals surface area (Å²) in [6.07, 6.45) is 1.09. The summed E-state index contributed by atoms with van der Waals surface area (Å²) in [4.78, 5) is 25.7. The van der Waals surface area contributed by atoms with Crippen molar-refractivity contribution in [2.24, 2.45) is 5.73 Å². The van der Waals surface area contributed by atoms with Crippen LogP contribution in [0.3, 0.4) is 0 Å². The van der Waals surface area contributed by atoms with Crippen molar-refractivity contribution >= 4 is 21.8 Å². The highest BCUT2D eigenvalue weighted by atomic mass is 32.2. The molecule has 0 unspecified atom stereocenters. The van der Waals surface area contributed by atoms with E-state index in [1.54, 1.807) is 12.1 Å². The number of primary amides is 1. The van der Waals surface area contributed by atoms with E-state index in [4.69, 9.17) is 15.6 Å². The van der Waals surface area contributed by atoms with Gasteiger partial charge in [-0.25, -0.2) is 8.42 Å². The van der Waals surface area contributed by atoms with Gasteiger partial charge in [0.2, 0.25) is 15.7 Å². The molecule has 0 radical (unpaired) electrons. The van der Waals surface area contributed by atoms with E-state index in [1.165, 1.54) is 21.3 Å². The molecule has 170 valence electrons. The fourth-order valence-corrected chi connectivity index (χ4v) is 3.81. The summed E-state index contributed by atoms with van der Waals surface area (Å²) in [6.45, 7) is -0.299. The standard InChI is InChI=1S/C19H26N4O7S/c1-31(28,29)23-10-8-22(9-11-23)19(27,18(20)26)14-21-17(25)15-4-6-16(7-5-15)30-13-3-2-12-24/h4-7,24,27H,8-14H2,1H3,(H2,20,26)(H,21,25)/t19-/m0/s1. The van der Waals surface area contributed by atoms with Crippen molar-refractivity contribution in [3.05, 3.63) is 29.8 Å². The Balaban J connectivity index is 1.96. The molecule has 0 spiro atoms. The summed E-state index contributed by atoms with van der Waals surface area (Å²) in [5.74, 6) is 3.92. The smallest absolute Gasteiger partial charge is 0.266 e. The number of aliphatic hydroxyl groups excluding tert-OH is 1. The molecule has 1 aliphatic heterocycles.